The van der Waals surface area contributed by atoms with Crippen LogP contribution >= 0.6 is 0 Å². The van der Waals surface area contributed by atoms with Crippen molar-refractivity contribution >= 4 is 5.91 Å². The Morgan fingerprint density at radius 1 is 1.30 bits per heavy atom. The van der Waals surface area contributed by atoms with Gasteiger partial charge in [-0.1, -0.05) is 29.8 Å². The van der Waals surface area contributed by atoms with Gasteiger partial charge in [-0.15, -0.1) is 10.2 Å². The Bertz CT molecular complexity index is 680. The SMILES string of the molecule is Cc1ccc(-c2nnn(CC(=O)N3CCNC(C)C3C)n2)cc1. The Kier molecular flexibility index (Phi) is 4.38. The fraction of sp³-hybridized carbons (Fsp3) is 0.500. The average molecular weight is 314 g/mol. The van der Waals surface area contributed by atoms with Crippen molar-refractivity contribution in [2.45, 2.75) is 39.4 Å². The molecule has 1 aliphatic rings. The molecule has 23 heavy (non-hydrogen) atoms. The number of nitrogens with one attached hydrogen (secondary N) is 1. The molecule has 1 aliphatic heterocycles. The minimum Gasteiger partial charge on any atom is -0.335 e. The number of nitrogens with zero attached hydrogens (tertiary/aromatic N) is 5. The normalized spacial score (nSPS) is 21.4. The second-order valence-corrected chi connectivity index (χ2v) is 6.08. The highest BCUT2D eigenvalue weighted by Gasteiger charge is 2.28. The molecule has 7 nitrogen and oxygen atoms in total. The first-order valence-corrected chi connectivity index (χ1v) is 7.92. The Morgan fingerprint density at radius 3 is 2.78 bits per heavy atom. The molecule has 0 spiro atoms. The number of amides is 1. The molecule has 1 aromatic carbocycles. The lowest BCUT2D eigenvalue weighted by atomic mass is 10.1. The van der Waals surface area contributed by atoms with Crippen LogP contribution in [0.25, 0.3) is 11.4 Å². The van der Waals surface area contributed by atoms with Gasteiger partial charge < -0.3 is 10.2 Å². The van der Waals surface area contributed by atoms with Gasteiger partial charge in [0.15, 0.2) is 0 Å². The smallest absolute Gasteiger partial charge is 0.246 e. The number of rotatable bonds is 3. The Balaban J connectivity index is 1.69. The molecule has 1 N–H and O–H groups in total. The number of carbonyl (C=O) groups excluding carboxylic acids is 1. The van der Waals surface area contributed by atoms with E-state index in [1.807, 2.05) is 36.1 Å². The molecule has 3 rings (SSSR count). The van der Waals surface area contributed by atoms with Crippen molar-refractivity contribution in [3.63, 3.8) is 0 Å². The maximum absolute atomic E-state index is 12.5. The number of piperazine rings is 1. The molecule has 1 aromatic heterocycles. The first-order valence-electron chi connectivity index (χ1n) is 7.92. The molecule has 122 valence electrons. The van der Waals surface area contributed by atoms with E-state index >= 15 is 0 Å². The van der Waals surface area contributed by atoms with E-state index in [4.69, 9.17) is 0 Å². The van der Waals surface area contributed by atoms with Crippen molar-refractivity contribution < 1.29 is 4.79 Å². The molecule has 7 heteroatoms. The van der Waals surface area contributed by atoms with E-state index in [0.29, 0.717) is 18.4 Å². The summed E-state index contributed by atoms with van der Waals surface area (Å²) in [7, 11) is 0. The fourth-order valence-electron chi connectivity index (χ4n) is 2.75. The predicted molar refractivity (Wildman–Crippen MR) is 86.6 cm³/mol. The van der Waals surface area contributed by atoms with E-state index in [1.54, 1.807) is 0 Å². The molecule has 2 aromatic rings. The van der Waals surface area contributed by atoms with E-state index in [-0.39, 0.29) is 18.5 Å². The fourth-order valence-corrected chi connectivity index (χ4v) is 2.75. The highest BCUT2D eigenvalue weighted by Crippen LogP contribution is 2.14. The Morgan fingerprint density at radius 2 is 2.04 bits per heavy atom. The molecule has 0 saturated carbocycles. The summed E-state index contributed by atoms with van der Waals surface area (Å²) in [4.78, 5) is 15.7. The first kappa shape index (κ1) is 15.6. The summed E-state index contributed by atoms with van der Waals surface area (Å²) in [6.07, 6.45) is 0. The third-order valence-corrected chi connectivity index (χ3v) is 4.39. The third kappa shape index (κ3) is 3.39. The second-order valence-electron chi connectivity index (χ2n) is 6.08. The Labute approximate surface area is 135 Å². The Hall–Kier alpha value is -2.28. The van der Waals surface area contributed by atoms with Gasteiger partial charge in [0, 0.05) is 30.7 Å². The van der Waals surface area contributed by atoms with Crippen LogP contribution in [0.5, 0.6) is 0 Å². The van der Waals surface area contributed by atoms with Crippen LogP contribution in [0.1, 0.15) is 19.4 Å². The first-order chi connectivity index (χ1) is 11.0. The van der Waals surface area contributed by atoms with Crippen molar-refractivity contribution in [3.8, 4) is 11.4 Å². The van der Waals surface area contributed by atoms with E-state index in [1.165, 1.54) is 10.4 Å². The third-order valence-electron chi connectivity index (χ3n) is 4.39. The molecule has 2 atom stereocenters. The summed E-state index contributed by atoms with van der Waals surface area (Å²) in [5.41, 5.74) is 2.08. The van der Waals surface area contributed by atoms with Gasteiger partial charge >= 0.3 is 0 Å². The van der Waals surface area contributed by atoms with Gasteiger partial charge in [-0.2, -0.15) is 4.80 Å². The van der Waals surface area contributed by atoms with Gasteiger partial charge in [0.2, 0.25) is 11.7 Å². The van der Waals surface area contributed by atoms with Crippen LogP contribution in [0.4, 0.5) is 0 Å². The van der Waals surface area contributed by atoms with Gasteiger partial charge in [0.25, 0.3) is 0 Å². The summed E-state index contributed by atoms with van der Waals surface area (Å²) in [6, 6.07) is 8.38. The van der Waals surface area contributed by atoms with Crippen LogP contribution in [0.3, 0.4) is 0 Å². The molecule has 2 unspecified atom stereocenters. The number of benzene rings is 1. The summed E-state index contributed by atoms with van der Waals surface area (Å²) < 4.78 is 0. The zero-order valence-electron chi connectivity index (χ0n) is 13.7. The molecular weight excluding hydrogens is 292 g/mol. The van der Waals surface area contributed by atoms with Crippen molar-refractivity contribution in [2.75, 3.05) is 13.1 Å². The lowest BCUT2D eigenvalue weighted by Crippen LogP contribution is -2.57. The van der Waals surface area contributed by atoms with Crippen LogP contribution in [-0.2, 0) is 11.3 Å². The number of hydrogen-bond acceptors (Lipinski definition) is 5. The molecule has 1 saturated heterocycles. The maximum Gasteiger partial charge on any atom is 0.246 e. The number of carbonyl (C=O) groups is 1. The highest BCUT2D eigenvalue weighted by atomic mass is 16.2. The van der Waals surface area contributed by atoms with Gasteiger partial charge in [-0.05, 0) is 26.0 Å². The summed E-state index contributed by atoms with van der Waals surface area (Å²) in [5, 5.41) is 15.7. The minimum atomic E-state index is 0.0266. The van der Waals surface area contributed by atoms with Crippen LogP contribution in [0, 0.1) is 6.92 Å². The molecule has 2 heterocycles. The monoisotopic (exact) mass is 314 g/mol. The molecule has 0 aliphatic carbocycles. The minimum absolute atomic E-state index is 0.0266. The quantitative estimate of drug-likeness (QED) is 0.909. The van der Waals surface area contributed by atoms with Gasteiger partial charge in [0.1, 0.15) is 6.54 Å². The molecular formula is C16H22N6O. The molecule has 0 radical (unpaired) electrons. The van der Waals surface area contributed by atoms with Gasteiger partial charge in [0.05, 0.1) is 0 Å². The molecule has 1 amide bonds. The lowest BCUT2D eigenvalue weighted by Gasteiger charge is -2.38. The highest BCUT2D eigenvalue weighted by molar-refractivity contribution is 5.76. The van der Waals surface area contributed by atoms with Crippen molar-refractivity contribution in [1.82, 2.24) is 30.4 Å². The number of hydrogen-bond donors (Lipinski definition) is 1. The zero-order valence-corrected chi connectivity index (χ0v) is 13.7. The number of tetrazole rings is 1. The van der Waals surface area contributed by atoms with Crippen LogP contribution in [0.2, 0.25) is 0 Å². The van der Waals surface area contributed by atoms with Gasteiger partial charge in [-0.25, -0.2) is 0 Å². The second kappa shape index (κ2) is 6.45. The van der Waals surface area contributed by atoms with E-state index in [9.17, 15) is 4.79 Å². The topological polar surface area (TPSA) is 75.9 Å². The van der Waals surface area contributed by atoms with E-state index in [0.717, 1.165) is 12.1 Å². The standard InChI is InChI=1S/C16H22N6O/c1-11-4-6-14(7-5-11)16-18-20-22(19-16)10-15(23)21-9-8-17-12(2)13(21)3/h4-7,12-13,17H,8-10H2,1-3H3. The van der Waals surface area contributed by atoms with E-state index < -0.39 is 0 Å². The van der Waals surface area contributed by atoms with Crippen molar-refractivity contribution in [3.05, 3.63) is 29.8 Å². The van der Waals surface area contributed by atoms with Gasteiger partial charge in [-0.3, -0.25) is 4.79 Å². The van der Waals surface area contributed by atoms with Crippen molar-refractivity contribution in [1.29, 1.82) is 0 Å². The van der Waals surface area contributed by atoms with Crippen LogP contribution in [-0.4, -0.2) is 56.2 Å². The zero-order chi connectivity index (χ0) is 16.4. The predicted octanol–water partition coefficient (Wildman–Crippen LogP) is 0.857. The molecule has 0 bridgehead atoms. The number of aromatic nitrogens is 4. The average Bonchev–Trinajstić information content (AvgIpc) is 2.99. The van der Waals surface area contributed by atoms with Crippen LogP contribution < -0.4 is 5.32 Å². The summed E-state index contributed by atoms with van der Waals surface area (Å²) in [6.45, 7) is 7.83. The molecule has 1 fully saturated rings. The van der Waals surface area contributed by atoms with Crippen molar-refractivity contribution in [2.24, 2.45) is 0 Å². The lowest BCUT2D eigenvalue weighted by molar-refractivity contribution is -0.136. The number of aryl methyl sites for hydroxylation is 1. The maximum atomic E-state index is 12.5. The summed E-state index contributed by atoms with van der Waals surface area (Å²) in [5.74, 6) is 0.568. The largest absolute Gasteiger partial charge is 0.335 e. The van der Waals surface area contributed by atoms with Crippen LogP contribution in [0.15, 0.2) is 24.3 Å². The van der Waals surface area contributed by atoms with E-state index in [2.05, 4.69) is 34.6 Å². The summed E-state index contributed by atoms with van der Waals surface area (Å²) >= 11 is 0.